The monoisotopic (exact) mass is 345 g/mol. The molecule has 4 N–H and O–H groups in total. The SMILES string of the molecule is NCC(C(=O)NO)c1ccc([C](c2ccccc2)c2ccccc2)cc1. The second-order valence-corrected chi connectivity index (χ2v) is 5.99. The van der Waals surface area contributed by atoms with Crippen molar-refractivity contribution in [3.8, 4) is 0 Å². The van der Waals surface area contributed by atoms with Crippen LogP contribution in [0.15, 0.2) is 84.9 Å². The summed E-state index contributed by atoms with van der Waals surface area (Å²) < 4.78 is 0. The maximum atomic E-state index is 11.8. The first kappa shape index (κ1) is 17.9. The molecule has 1 radical (unpaired) electrons. The third kappa shape index (κ3) is 3.82. The van der Waals surface area contributed by atoms with E-state index in [1.165, 1.54) is 0 Å². The number of benzene rings is 3. The van der Waals surface area contributed by atoms with E-state index in [1.54, 1.807) is 5.48 Å². The van der Waals surface area contributed by atoms with Crippen molar-refractivity contribution in [3.05, 3.63) is 113 Å². The van der Waals surface area contributed by atoms with Crippen molar-refractivity contribution in [2.45, 2.75) is 5.92 Å². The molecular formula is C22H21N2O2. The Morgan fingerprint density at radius 2 is 1.27 bits per heavy atom. The molecule has 3 rings (SSSR count). The van der Waals surface area contributed by atoms with Gasteiger partial charge in [-0.2, -0.15) is 0 Å². The minimum absolute atomic E-state index is 0.125. The van der Waals surface area contributed by atoms with Crippen molar-refractivity contribution in [3.63, 3.8) is 0 Å². The van der Waals surface area contributed by atoms with Gasteiger partial charge in [0.15, 0.2) is 0 Å². The number of carbonyl (C=O) groups excluding carboxylic acids is 1. The van der Waals surface area contributed by atoms with Crippen molar-refractivity contribution >= 4 is 5.91 Å². The van der Waals surface area contributed by atoms with E-state index in [0.717, 1.165) is 28.2 Å². The number of hydrogen-bond donors (Lipinski definition) is 3. The number of hydroxylamine groups is 1. The topological polar surface area (TPSA) is 75.4 Å². The summed E-state index contributed by atoms with van der Waals surface area (Å²) >= 11 is 0. The minimum atomic E-state index is -0.578. The molecule has 0 aliphatic heterocycles. The molecule has 0 aliphatic rings. The molecule has 1 atom stereocenters. The quantitative estimate of drug-likeness (QED) is 0.365. The lowest BCUT2D eigenvalue weighted by Crippen LogP contribution is -2.31. The van der Waals surface area contributed by atoms with E-state index in [4.69, 9.17) is 10.9 Å². The van der Waals surface area contributed by atoms with Crippen LogP contribution in [0.3, 0.4) is 0 Å². The Balaban J connectivity index is 1.99. The normalized spacial score (nSPS) is 12.0. The van der Waals surface area contributed by atoms with Gasteiger partial charge in [-0.1, -0.05) is 84.9 Å². The van der Waals surface area contributed by atoms with Crippen molar-refractivity contribution in [2.75, 3.05) is 6.54 Å². The predicted octanol–water partition coefficient (Wildman–Crippen LogP) is 3.25. The van der Waals surface area contributed by atoms with Crippen LogP contribution in [0.4, 0.5) is 0 Å². The van der Waals surface area contributed by atoms with Gasteiger partial charge < -0.3 is 5.73 Å². The second kappa shape index (κ2) is 8.43. The molecular weight excluding hydrogens is 324 g/mol. The molecule has 4 nitrogen and oxygen atoms in total. The van der Waals surface area contributed by atoms with Crippen LogP contribution in [0.25, 0.3) is 0 Å². The fourth-order valence-corrected chi connectivity index (χ4v) is 3.06. The zero-order valence-electron chi connectivity index (χ0n) is 14.3. The van der Waals surface area contributed by atoms with Crippen molar-refractivity contribution < 1.29 is 10.0 Å². The van der Waals surface area contributed by atoms with Gasteiger partial charge in [0.25, 0.3) is 5.91 Å². The van der Waals surface area contributed by atoms with Gasteiger partial charge in [0.05, 0.1) is 11.8 Å². The van der Waals surface area contributed by atoms with E-state index >= 15 is 0 Å². The Labute approximate surface area is 153 Å². The van der Waals surface area contributed by atoms with Crippen LogP contribution in [0.5, 0.6) is 0 Å². The maximum absolute atomic E-state index is 11.8. The largest absolute Gasteiger partial charge is 0.329 e. The summed E-state index contributed by atoms with van der Waals surface area (Å²) in [6.07, 6.45) is 0. The average Bonchev–Trinajstić information content (AvgIpc) is 2.71. The molecule has 0 heterocycles. The summed E-state index contributed by atoms with van der Waals surface area (Å²) in [5.74, 6) is 0.0372. The van der Waals surface area contributed by atoms with Gasteiger partial charge >= 0.3 is 0 Å². The summed E-state index contributed by atoms with van der Waals surface area (Å²) in [5.41, 5.74) is 11.4. The molecule has 26 heavy (non-hydrogen) atoms. The third-order valence-corrected chi connectivity index (χ3v) is 4.39. The van der Waals surface area contributed by atoms with Gasteiger partial charge in [0.1, 0.15) is 0 Å². The Morgan fingerprint density at radius 3 is 1.69 bits per heavy atom. The van der Waals surface area contributed by atoms with Crippen LogP contribution in [-0.4, -0.2) is 17.7 Å². The van der Waals surface area contributed by atoms with Crippen molar-refractivity contribution in [1.29, 1.82) is 0 Å². The van der Waals surface area contributed by atoms with E-state index in [1.807, 2.05) is 60.7 Å². The standard InChI is InChI=1S/C22H21N2O2/c23-15-20(22(25)24-26)16-11-13-19(14-12-16)21(17-7-3-1-4-8-17)18-9-5-2-6-10-18/h1-14,20,26H,15,23H2,(H,24,25). The smallest absolute Gasteiger partial charge is 0.252 e. The van der Waals surface area contributed by atoms with E-state index in [9.17, 15) is 4.79 Å². The molecule has 3 aromatic carbocycles. The zero-order chi connectivity index (χ0) is 18.4. The Morgan fingerprint density at radius 1 is 0.808 bits per heavy atom. The first-order valence-electron chi connectivity index (χ1n) is 8.46. The number of hydrogen-bond acceptors (Lipinski definition) is 3. The van der Waals surface area contributed by atoms with Crippen molar-refractivity contribution in [1.82, 2.24) is 5.48 Å². The molecule has 0 fully saturated rings. The molecule has 1 amide bonds. The Kier molecular flexibility index (Phi) is 5.79. The molecule has 0 spiro atoms. The number of nitrogens with two attached hydrogens (primary N) is 1. The number of rotatable bonds is 6. The molecule has 4 heteroatoms. The molecule has 0 saturated heterocycles. The highest BCUT2D eigenvalue weighted by Gasteiger charge is 2.21. The average molecular weight is 345 g/mol. The van der Waals surface area contributed by atoms with Crippen LogP contribution in [0, 0.1) is 5.92 Å². The first-order chi connectivity index (χ1) is 12.7. The summed E-state index contributed by atoms with van der Waals surface area (Å²) in [4.78, 5) is 11.8. The molecule has 0 aromatic heterocycles. The highest BCUT2D eigenvalue weighted by Crippen LogP contribution is 2.31. The molecule has 1 unspecified atom stereocenters. The van der Waals surface area contributed by atoms with Gasteiger partial charge in [0, 0.05) is 6.54 Å². The number of amides is 1. The highest BCUT2D eigenvalue weighted by molar-refractivity contribution is 5.82. The first-order valence-corrected chi connectivity index (χ1v) is 8.46. The minimum Gasteiger partial charge on any atom is -0.329 e. The lowest BCUT2D eigenvalue weighted by molar-refractivity contribution is -0.130. The highest BCUT2D eigenvalue weighted by atomic mass is 16.5. The maximum Gasteiger partial charge on any atom is 0.252 e. The van der Waals surface area contributed by atoms with Gasteiger partial charge in [-0.05, 0) is 22.3 Å². The van der Waals surface area contributed by atoms with Crippen LogP contribution >= 0.6 is 0 Å². The molecule has 0 bridgehead atoms. The van der Waals surface area contributed by atoms with Crippen LogP contribution in [-0.2, 0) is 4.79 Å². The van der Waals surface area contributed by atoms with E-state index in [-0.39, 0.29) is 6.54 Å². The Hall–Kier alpha value is -2.95. The zero-order valence-corrected chi connectivity index (χ0v) is 14.3. The lowest BCUT2D eigenvalue weighted by Gasteiger charge is -2.19. The van der Waals surface area contributed by atoms with Crippen LogP contribution in [0.2, 0.25) is 0 Å². The van der Waals surface area contributed by atoms with Gasteiger partial charge in [-0.25, -0.2) is 5.48 Å². The summed E-state index contributed by atoms with van der Waals surface area (Å²) in [6, 6.07) is 28.1. The predicted molar refractivity (Wildman–Crippen MR) is 102 cm³/mol. The van der Waals surface area contributed by atoms with Crippen LogP contribution in [0.1, 0.15) is 28.2 Å². The van der Waals surface area contributed by atoms with E-state index < -0.39 is 11.8 Å². The summed E-state index contributed by atoms with van der Waals surface area (Å²) in [7, 11) is 0. The van der Waals surface area contributed by atoms with Crippen molar-refractivity contribution in [2.24, 2.45) is 5.73 Å². The lowest BCUT2D eigenvalue weighted by atomic mass is 9.84. The third-order valence-electron chi connectivity index (χ3n) is 4.39. The van der Waals surface area contributed by atoms with Gasteiger partial charge in [-0.15, -0.1) is 0 Å². The number of nitrogens with one attached hydrogen (secondary N) is 1. The summed E-state index contributed by atoms with van der Waals surface area (Å²) in [5, 5.41) is 8.88. The Bertz CT molecular complexity index is 794. The van der Waals surface area contributed by atoms with E-state index in [0.29, 0.717) is 0 Å². The van der Waals surface area contributed by atoms with Crippen LogP contribution < -0.4 is 11.2 Å². The molecule has 3 aromatic rings. The van der Waals surface area contributed by atoms with Gasteiger partial charge in [0.2, 0.25) is 0 Å². The molecule has 131 valence electrons. The fourth-order valence-electron chi connectivity index (χ4n) is 3.06. The summed E-state index contributed by atoms with van der Waals surface area (Å²) in [6.45, 7) is 0.125. The molecule has 0 saturated carbocycles. The number of carbonyl (C=O) groups is 1. The van der Waals surface area contributed by atoms with Gasteiger partial charge in [-0.3, -0.25) is 10.0 Å². The fraction of sp³-hybridized carbons (Fsp3) is 0.0909. The second-order valence-electron chi connectivity index (χ2n) is 5.99. The molecule has 0 aliphatic carbocycles. The van der Waals surface area contributed by atoms with E-state index in [2.05, 4.69) is 24.3 Å².